The van der Waals surface area contributed by atoms with Crippen LogP contribution >= 0.6 is 0 Å². The Kier molecular flexibility index (Phi) is 9.05. The Balaban J connectivity index is 1.98. The van der Waals surface area contributed by atoms with Crippen molar-refractivity contribution in [1.82, 2.24) is 20.9 Å². The van der Waals surface area contributed by atoms with Crippen molar-refractivity contribution in [2.24, 2.45) is 10.9 Å². The van der Waals surface area contributed by atoms with Gasteiger partial charge < -0.3 is 30.3 Å². The second-order valence-corrected chi connectivity index (χ2v) is 7.31. The van der Waals surface area contributed by atoms with Crippen LogP contribution in [0.5, 0.6) is 11.5 Å². The fourth-order valence-electron chi connectivity index (χ4n) is 3.00. The van der Waals surface area contributed by atoms with Gasteiger partial charge in [-0.15, -0.1) is 0 Å². The number of nitrogens with one attached hydrogen (secondary N) is 3. The lowest BCUT2D eigenvalue weighted by molar-refractivity contribution is -0.122. The largest absolute Gasteiger partial charge is 0.493 e. The van der Waals surface area contributed by atoms with E-state index < -0.39 is 0 Å². The van der Waals surface area contributed by atoms with E-state index in [0.29, 0.717) is 31.1 Å². The van der Waals surface area contributed by atoms with E-state index in [2.05, 4.69) is 20.9 Å². The second-order valence-electron chi connectivity index (χ2n) is 7.31. The predicted octanol–water partition coefficient (Wildman–Crippen LogP) is 1.39. The van der Waals surface area contributed by atoms with Gasteiger partial charge in [-0.05, 0) is 51.6 Å². The molecule has 2 rings (SSSR count). The molecular formula is C21H35N5O3. The molecule has 0 aliphatic heterocycles. The zero-order valence-corrected chi connectivity index (χ0v) is 18.2. The van der Waals surface area contributed by atoms with Gasteiger partial charge in [0.05, 0.1) is 26.8 Å². The summed E-state index contributed by atoms with van der Waals surface area (Å²) in [5.74, 6) is 2.55. The van der Waals surface area contributed by atoms with Crippen molar-refractivity contribution >= 4 is 11.9 Å². The van der Waals surface area contributed by atoms with Gasteiger partial charge in [0, 0.05) is 25.6 Å². The SMILES string of the molecule is CCNC(=NCC(c1ccc(OC)c(OC)c1)N(C)C)NCCNC(=O)C1CC1. The van der Waals surface area contributed by atoms with Crippen molar-refractivity contribution < 1.29 is 14.3 Å². The summed E-state index contributed by atoms with van der Waals surface area (Å²) in [5.41, 5.74) is 1.10. The molecule has 3 N–H and O–H groups in total. The van der Waals surface area contributed by atoms with Gasteiger partial charge in [-0.25, -0.2) is 0 Å². The fourth-order valence-corrected chi connectivity index (χ4v) is 3.00. The number of benzene rings is 1. The standard InChI is InChI=1S/C21H35N5O3/c1-6-22-21(24-12-11-23-20(27)15-7-8-15)25-14-17(26(2)3)16-9-10-18(28-4)19(13-16)29-5/h9-10,13,15,17H,6-8,11-12,14H2,1-5H3,(H,23,27)(H2,22,24,25). The van der Waals surface area contributed by atoms with Crippen LogP contribution in [0.15, 0.2) is 23.2 Å². The minimum absolute atomic E-state index is 0.0832. The first-order valence-electron chi connectivity index (χ1n) is 10.2. The van der Waals surface area contributed by atoms with Gasteiger partial charge in [0.2, 0.25) is 5.91 Å². The maximum absolute atomic E-state index is 11.7. The number of amides is 1. The molecule has 1 fully saturated rings. The van der Waals surface area contributed by atoms with Crippen molar-refractivity contribution in [2.45, 2.75) is 25.8 Å². The van der Waals surface area contributed by atoms with E-state index in [0.717, 1.165) is 30.9 Å². The smallest absolute Gasteiger partial charge is 0.223 e. The quantitative estimate of drug-likeness (QED) is 0.293. The first-order chi connectivity index (χ1) is 14.0. The van der Waals surface area contributed by atoms with Crippen LogP contribution in [0.4, 0.5) is 0 Å². The van der Waals surface area contributed by atoms with E-state index in [1.54, 1.807) is 14.2 Å². The first-order valence-corrected chi connectivity index (χ1v) is 10.2. The number of aliphatic imine (C=N–C) groups is 1. The number of carbonyl (C=O) groups excluding carboxylic acids is 1. The highest BCUT2D eigenvalue weighted by molar-refractivity contribution is 5.81. The maximum atomic E-state index is 11.7. The highest BCUT2D eigenvalue weighted by Gasteiger charge is 2.29. The molecule has 0 bridgehead atoms. The van der Waals surface area contributed by atoms with E-state index in [1.165, 1.54) is 0 Å². The molecule has 0 spiro atoms. The van der Waals surface area contributed by atoms with Crippen molar-refractivity contribution in [3.63, 3.8) is 0 Å². The average molecular weight is 406 g/mol. The molecule has 1 aliphatic carbocycles. The molecule has 1 saturated carbocycles. The summed E-state index contributed by atoms with van der Waals surface area (Å²) >= 11 is 0. The third-order valence-corrected chi connectivity index (χ3v) is 4.85. The molecule has 0 aromatic heterocycles. The number of hydrogen-bond donors (Lipinski definition) is 3. The van der Waals surface area contributed by atoms with Gasteiger partial charge in [-0.3, -0.25) is 9.79 Å². The molecule has 1 atom stereocenters. The highest BCUT2D eigenvalue weighted by atomic mass is 16.5. The fraction of sp³-hybridized carbons (Fsp3) is 0.619. The minimum atomic E-state index is 0.0832. The van der Waals surface area contributed by atoms with E-state index >= 15 is 0 Å². The number of methoxy groups -OCH3 is 2. The Morgan fingerprint density at radius 2 is 1.83 bits per heavy atom. The summed E-state index contributed by atoms with van der Waals surface area (Å²) in [6.07, 6.45) is 2.04. The number of guanidine groups is 1. The molecule has 29 heavy (non-hydrogen) atoms. The van der Waals surface area contributed by atoms with E-state index in [4.69, 9.17) is 14.5 Å². The molecule has 8 nitrogen and oxygen atoms in total. The van der Waals surface area contributed by atoms with Gasteiger partial charge in [0.15, 0.2) is 17.5 Å². The molecule has 8 heteroatoms. The molecule has 1 aromatic carbocycles. The van der Waals surface area contributed by atoms with Crippen LogP contribution in [-0.2, 0) is 4.79 Å². The van der Waals surface area contributed by atoms with Crippen LogP contribution < -0.4 is 25.4 Å². The highest BCUT2D eigenvalue weighted by Crippen LogP contribution is 2.31. The van der Waals surface area contributed by atoms with Crippen LogP contribution in [-0.4, -0.2) is 71.3 Å². The number of rotatable bonds is 11. The Morgan fingerprint density at radius 3 is 2.41 bits per heavy atom. The number of likely N-dealkylation sites (N-methyl/N-ethyl adjacent to an activating group) is 1. The van der Waals surface area contributed by atoms with E-state index in [9.17, 15) is 4.79 Å². The second kappa shape index (κ2) is 11.5. The lowest BCUT2D eigenvalue weighted by atomic mass is 10.1. The van der Waals surface area contributed by atoms with Crippen LogP contribution in [0.3, 0.4) is 0 Å². The molecule has 1 amide bonds. The van der Waals surface area contributed by atoms with Gasteiger partial charge in [-0.2, -0.15) is 0 Å². The van der Waals surface area contributed by atoms with Crippen molar-refractivity contribution in [3.8, 4) is 11.5 Å². The first kappa shape index (κ1) is 22.8. The number of nitrogens with zero attached hydrogens (tertiary/aromatic N) is 2. The zero-order chi connectivity index (χ0) is 21.2. The minimum Gasteiger partial charge on any atom is -0.493 e. The van der Waals surface area contributed by atoms with Crippen molar-refractivity contribution in [3.05, 3.63) is 23.8 Å². The Hall–Kier alpha value is -2.48. The summed E-state index contributed by atoms with van der Waals surface area (Å²) in [6.45, 7) is 4.60. The molecule has 1 aliphatic rings. The monoisotopic (exact) mass is 405 g/mol. The Bertz CT molecular complexity index is 689. The van der Waals surface area contributed by atoms with Crippen molar-refractivity contribution in [2.75, 3.05) is 54.5 Å². The Morgan fingerprint density at radius 1 is 1.14 bits per heavy atom. The topological polar surface area (TPSA) is 87.2 Å². The van der Waals surface area contributed by atoms with Gasteiger partial charge in [0.25, 0.3) is 0 Å². The molecule has 0 saturated heterocycles. The number of ether oxygens (including phenoxy) is 2. The lowest BCUT2D eigenvalue weighted by Crippen LogP contribution is -2.42. The summed E-state index contributed by atoms with van der Waals surface area (Å²) in [6, 6.07) is 6.03. The molecule has 0 radical (unpaired) electrons. The summed E-state index contributed by atoms with van der Waals surface area (Å²) in [7, 11) is 7.33. The average Bonchev–Trinajstić information content (AvgIpc) is 3.56. The third-order valence-electron chi connectivity index (χ3n) is 4.85. The zero-order valence-electron chi connectivity index (χ0n) is 18.2. The summed E-state index contributed by atoms with van der Waals surface area (Å²) in [4.78, 5) is 18.6. The molecule has 1 unspecified atom stereocenters. The van der Waals surface area contributed by atoms with Crippen molar-refractivity contribution in [1.29, 1.82) is 0 Å². The van der Waals surface area contributed by atoms with Crippen LogP contribution in [0, 0.1) is 5.92 Å². The van der Waals surface area contributed by atoms with Gasteiger partial charge >= 0.3 is 0 Å². The lowest BCUT2D eigenvalue weighted by Gasteiger charge is -2.24. The molecule has 1 aromatic rings. The van der Waals surface area contributed by atoms with Crippen LogP contribution in [0.2, 0.25) is 0 Å². The third kappa shape index (κ3) is 7.12. The van der Waals surface area contributed by atoms with Gasteiger partial charge in [0.1, 0.15) is 0 Å². The molecular weight excluding hydrogens is 370 g/mol. The summed E-state index contributed by atoms with van der Waals surface area (Å²) in [5, 5.41) is 9.49. The normalized spacial score (nSPS) is 15.0. The van der Waals surface area contributed by atoms with Crippen LogP contribution in [0.1, 0.15) is 31.4 Å². The van der Waals surface area contributed by atoms with Crippen LogP contribution in [0.25, 0.3) is 0 Å². The Labute approximate surface area is 174 Å². The summed E-state index contributed by atoms with van der Waals surface area (Å²) < 4.78 is 10.8. The molecule has 0 heterocycles. The predicted molar refractivity (Wildman–Crippen MR) is 116 cm³/mol. The van der Waals surface area contributed by atoms with E-state index in [-0.39, 0.29) is 17.9 Å². The maximum Gasteiger partial charge on any atom is 0.223 e. The van der Waals surface area contributed by atoms with Gasteiger partial charge in [-0.1, -0.05) is 6.07 Å². The van der Waals surface area contributed by atoms with E-state index in [1.807, 2.05) is 39.2 Å². The number of carbonyl (C=O) groups is 1. The number of hydrogen-bond acceptors (Lipinski definition) is 5. The molecule has 162 valence electrons.